The fraction of sp³-hybridized carbons (Fsp3) is 0.190. The van der Waals surface area contributed by atoms with E-state index in [-0.39, 0.29) is 5.39 Å². The van der Waals surface area contributed by atoms with E-state index in [0.29, 0.717) is 24.4 Å². The second-order valence-electron chi connectivity index (χ2n) is 6.64. The highest BCUT2D eigenvalue weighted by Gasteiger charge is 2.18. The number of nitrogens with one attached hydrogen (secondary N) is 1. The van der Waals surface area contributed by atoms with Gasteiger partial charge in [-0.15, -0.1) is 0 Å². The van der Waals surface area contributed by atoms with Crippen molar-refractivity contribution in [3.8, 4) is 0 Å². The van der Waals surface area contributed by atoms with Crippen molar-refractivity contribution in [2.45, 2.75) is 0 Å². The summed E-state index contributed by atoms with van der Waals surface area (Å²) in [5.41, 5.74) is 0.860. The molecular formula is C21H19N3O5. The number of nitrogens with zero attached hydrogens (tertiary/aromatic N) is 2. The van der Waals surface area contributed by atoms with Crippen LogP contribution in [0.5, 0.6) is 0 Å². The Kier molecular flexibility index (Phi) is 5.01. The number of fused-ring (bicyclic) bond motifs is 1. The van der Waals surface area contributed by atoms with Crippen LogP contribution in [0.4, 0.5) is 16.2 Å². The number of pyridine rings is 1. The van der Waals surface area contributed by atoms with Crippen molar-refractivity contribution in [2.24, 2.45) is 0 Å². The first-order valence-electron chi connectivity index (χ1n) is 9.16. The second-order valence-corrected chi connectivity index (χ2v) is 6.64. The lowest BCUT2D eigenvalue weighted by atomic mass is 10.1. The number of hydrogen-bond donors (Lipinski definition) is 2. The molecule has 8 heteroatoms. The number of rotatable bonds is 3. The van der Waals surface area contributed by atoms with Gasteiger partial charge in [-0.05, 0) is 36.4 Å². The van der Waals surface area contributed by atoms with Crippen LogP contribution < -0.4 is 15.6 Å². The van der Waals surface area contributed by atoms with Gasteiger partial charge in [0.15, 0.2) is 0 Å². The maximum atomic E-state index is 12.8. The molecule has 148 valence electrons. The fourth-order valence-corrected chi connectivity index (χ4v) is 3.36. The molecule has 0 radical (unpaired) electrons. The molecule has 1 aliphatic rings. The predicted molar refractivity (Wildman–Crippen MR) is 109 cm³/mol. The summed E-state index contributed by atoms with van der Waals surface area (Å²) in [6.07, 6.45) is 1.06. The highest BCUT2D eigenvalue weighted by Crippen LogP contribution is 2.20. The van der Waals surface area contributed by atoms with Gasteiger partial charge in [0.25, 0.3) is 0 Å². The molecular weight excluding hydrogens is 374 g/mol. The number of hydrogen-bond acceptors (Lipinski definition) is 5. The average molecular weight is 393 g/mol. The van der Waals surface area contributed by atoms with Crippen LogP contribution in [-0.2, 0) is 4.74 Å². The molecule has 0 bridgehead atoms. The molecule has 1 saturated heterocycles. The minimum absolute atomic E-state index is 0.171. The molecule has 1 fully saturated rings. The van der Waals surface area contributed by atoms with Crippen molar-refractivity contribution < 1.29 is 19.4 Å². The Morgan fingerprint density at radius 2 is 1.69 bits per heavy atom. The highest BCUT2D eigenvalue weighted by atomic mass is 16.5. The van der Waals surface area contributed by atoms with Crippen LogP contribution in [0.25, 0.3) is 10.9 Å². The minimum Gasteiger partial charge on any atom is -0.477 e. The number of ether oxygens (including phenoxy) is 1. The largest absolute Gasteiger partial charge is 0.477 e. The van der Waals surface area contributed by atoms with Crippen LogP contribution in [0, 0.1) is 0 Å². The molecule has 0 aliphatic carbocycles. The van der Waals surface area contributed by atoms with Gasteiger partial charge in [0.2, 0.25) is 5.43 Å². The Morgan fingerprint density at radius 1 is 1.00 bits per heavy atom. The number of carbonyl (C=O) groups is 2. The maximum Gasteiger partial charge on any atom is 0.341 e. The van der Waals surface area contributed by atoms with Crippen molar-refractivity contribution in [2.75, 3.05) is 36.5 Å². The molecule has 29 heavy (non-hydrogen) atoms. The van der Waals surface area contributed by atoms with E-state index in [2.05, 4.69) is 10.2 Å². The SMILES string of the molecule is O=C(O)c1cn(C(=O)Nc2ccc(N3CCOCC3)cc2)c2ccccc2c1=O. The van der Waals surface area contributed by atoms with E-state index in [1.807, 2.05) is 12.1 Å². The highest BCUT2D eigenvalue weighted by molar-refractivity contribution is 6.00. The minimum atomic E-state index is -1.38. The summed E-state index contributed by atoms with van der Waals surface area (Å²) >= 11 is 0. The number of carboxylic acid groups (broad SMARTS) is 1. The van der Waals surface area contributed by atoms with Crippen LogP contribution in [0.3, 0.4) is 0 Å². The fourth-order valence-electron chi connectivity index (χ4n) is 3.36. The molecule has 1 aliphatic heterocycles. The number of carbonyl (C=O) groups excluding carboxylic acids is 1. The Balaban J connectivity index is 1.63. The summed E-state index contributed by atoms with van der Waals surface area (Å²) < 4.78 is 6.50. The van der Waals surface area contributed by atoms with E-state index < -0.39 is 23.0 Å². The van der Waals surface area contributed by atoms with Gasteiger partial charge in [-0.3, -0.25) is 9.36 Å². The molecule has 0 atom stereocenters. The molecule has 2 N–H and O–H groups in total. The summed E-state index contributed by atoms with van der Waals surface area (Å²) in [6, 6.07) is 13.2. The number of para-hydroxylation sites is 1. The van der Waals surface area contributed by atoms with E-state index >= 15 is 0 Å². The quantitative estimate of drug-likeness (QED) is 0.709. The Morgan fingerprint density at radius 3 is 2.38 bits per heavy atom. The molecule has 1 amide bonds. The van der Waals surface area contributed by atoms with Crippen LogP contribution in [0.1, 0.15) is 10.4 Å². The molecule has 0 unspecified atom stereocenters. The molecule has 0 spiro atoms. The van der Waals surface area contributed by atoms with Gasteiger partial charge in [-0.25, -0.2) is 9.59 Å². The monoisotopic (exact) mass is 393 g/mol. The first-order valence-corrected chi connectivity index (χ1v) is 9.16. The van der Waals surface area contributed by atoms with Crippen molar-refractivity contribution >= 4 is 34.3 Å². The molecule has 4 rings (SSSR count). The third-order valence-electron chi connectivity index (χ3n) is 4.86. The average Bonchev–Trinajstić information content (AvgIpc) is 2.75. The summed E-state index contributed by atoms with van der Waals surface area (Å²) in [5, 5.41) is 12.2. The Hall–Kier alpha value is -3.65. The molecule has 1 aromatic heterocycles. The van der Waals surface area contributed by atoms with Crippen LogP contribution in [-0.4, -0.2) is 48.0 Å². The van der Waals surface area contributed by atoms with Gasteiger partial charge in [-0.1, -0.05) is 12.1 Å². The van der Waals surface area contributed by atoms with Crippen molar-refractivity contribution in [1.29, 1.82) is 0 Å². The topological polar surface area (TPSA) is 101 Å². The molecule has 3 aromatic rings. The molecule has 0 saturated carbocycles. The zero-order chi connectivity index (χ0) is 20.4. The van der Waals surface area contributed by atoms with Crippen molar-refractivity contribution in [3.63, 3.8) is 0 Å². The summed E-state index contributed by atoms with van der Waals surface area (Å²) in [5.74, 6) is -1.38. The maximum absolute atomic E-state index is 12.8. The van der Waals surface area contributed by atoms with E-state index in [1.54, 1.807) is 30.3 Å². The van der Waals surface area contributed by atoms with Crippen LogP contribution in [0.15, 0.2) is 59.5 Å². The summed E-state index contributed by atoms with van der Waals surface area (Å²) in [7, 11) is 0. The zero-order valence-electron chi connectivity index (χ0n) is 15.5. The second kappa shape index (κ2) is 7.76. The molecule has 8 nitrogen and oxygen atoms in total. The summed E-state index contributed by atoms with van der Waals surface area (Å²) in [6.45, 7) is 2.99. The lowest BCUT2D eigenvalue weighted by Gasteiger charge is -2.28. The van der Waals surface area contributed by atoms with E-state index in [9.17, 15) is 19.5 Å². The number of amides is 1. The van der Waals surface area contributed by atoms with Gasteiger partial charge in [0.05, 0.1) is 18.7 Å². The number of morpholine rings is 1. The van der Waals surface area contributed by atoms with Crippen LogP contribution in [0.2, 0.25) is 0 Å². The normalized spacial score (nSPS) is 14.0. The standard InChI is InChI=1S/C21H19N3O5/c25-19-16-3-1-2-4-18(16)24(13-17(19)20(26)27)21(28)22-14-5-7-15(8-6-14)23-9-11-29-12-10-23/h1-8,13H,9-12H2,(H,22,28)(H,26,27). The number of aromatic carboxylic acids is 1. The van der Waals surface area contributed by atoms with Gasteiger partial charge in [0.1, 0.15) is 5.56 Å². The number of carboxylic acids is 1. The lowest BCUT2D eigenvalue weighted by Crippen LogP contribution is -2.36. The Bertz CT molecular complexity index is 1130. The van der Waals surface area contributed by atoms with Gasteiger partial charge in [-0.2, -0.15) is 0 Å². The lowest BCUT2D eigenvalue weighted by molar-refractivity contribution is 0.0695. The number of aromatic nitrogens is 1. The van der Waals surface area contributed by atoms with Gasteiger partial charge < -0.3 is 20.1 Å². The number of benzene rings is 2. The Labute approximate surface area is 165 Å². The zero-order valence-corrected chi connectivity index (χ0v) is 15.5. The first kappa shape index (κ1) is 18.7. The van der Waals surface area contributed by atoms with E-state index in [4.69, 9.17) is 4.74 Å². The smallest absolute Gasteiger partial charge is 0.341 e. The van der Waals surface area contributed by atoms with E-state index in [0.717, 1.165) is 29.5 Å². The first-order chi connectivity index (χ1) is 14.0. The summed E-state index contributed by atoms with van der Waals surface area (Å²) in [4.78, 5) is 38.8. The third kappa shape index (κ3) is 3.70. The van der Waals surface area contributed by atoms with Gasteiger partial charge in [0, 0.05) is 36.0 Å². The number of anilines is 2. The predicted octanol–water partition coefficient (Wildman–Crippen LogP) is 2.62. The van der Waals surface area contributed by atoms with Crippen LogP contribution >= 0.6 is 0 Å². The third-order valence-corrected chi connectivity index (χ3v) is 4.86. The van der Waals surface area contributed by atoms with Crippen molar-refractivity contribution in [3.05, 3.63) is 70.5 Å². The molecule has 2 aromatic carbocycles. The van der Waals surface area contributed by atoms with Gasteiger partial charge >= 0.3 is 12.0 Å². The van der Waals surface area contributed by atoms with E-state index in [1.165, 1.54) is 6.07 Å². The van der Waals surface area contributed by atoms with Crippen molar-refractivity contribution in [1.82, 2.24) is 4.57 Å². The molecule has 2 heterocycles.